The second kappa shape index (κ2) is 7.31. The summed E-state index contributed by atoms with van der Waals surface area (Å²) in [4.78, 5) is 12.8. The van der Waals surface area contributed by atoms with Gasteiger partial charge in [0.15, 0.2) is 0 Å². The normalized spacial score (nSPS) is 26.5. The molecule has 0 heterocycles. The van der Waals surface area contributed by atoms with E-state index in [2.05, 4.69) is 12.2 Å². The molecule has 1 aromatic carbocycles. The molecule has 1 N–H and O–H groups in total. The minimum absolute atomic E-state index is 0.120. The molecule has 0 saturated heterocycles. The number of hydrogen-bond acceptors (Lipinski definition) is 3. The molecule has 0 spiro atoms. The molecule has 4 atom stereocenters. The summed E-state index contributed by atoms with van der Waals surface area (Å²) in [7, 11) is -1.95. The first-order valence-electron chi connectivity index (χ1n) is 9.59. The van der Waals surface area contributed by atoms with Crippen LogP contribution in [0.15, 0.2) is 29.2 Å². The van der Waals surface area contributed by atoms with Crippen LogP contribution in [0.25, 0.3) is 0 Å². The van der Waals surface area contributed by atoms with E-state index >= 15 is 0 Å². The van der Waals surface area contributed by atoms with Crippen LogP contribution in [0.4, 0.5) is 0 Å². The predicted octanol–water partition coefficient (Wildman–Crippen LogP) is 3.27. The number of hydrogen-bond donors (Lipinski definition) is 1. The SMILES string of the molecule is CC(NC(=O)c1ccc(S(=O)(=O)N(C)C(C)C)cc1)C1CC2CCC1C2. The van der Waals surface area contributed by atoms with Gasteiger partial charge in [0.2, 0.25) is 10.0 Å². The number of fused-ring (bicyclic) bond motifs is 2. The third-order valence-corrected chi connectivity index (χ3v) is 8.36. The van der Waals surface area contributed by atoms with Gasteiger partial charge in [0.25, 0.3) is 5.91 Å². The van der Waals surface area contributed by atoms with E-state index in [1.54, 1.807) is 19.2 Å². The zero-order valence-corrected chi connectivity index (χ0v) is 16.9. The van der Waals surface area contributed by atoms with Crippen LogP contribution in [0.2, 0.25) is 0 Å². The van der Waals surface area contributed by atoms with Crippen LogP contribution in [-0.2, 0) is 10.0 Å². The van der Waals surface area contributed by atoms with Gasteiger partial charge in [0.1, 0.15) is 0 Å². The molecule has 0 aliphatic heterocycles. The van der Waals surface area contributed by atoms with Crippen molar-refractivity contribution in [2.24, 2.45) is 17.8 Å². The average Bonchev–Trinajstić information content (AvgIpc) is 3.24. The van der Waals surface area contributed by atoms with Gasteiger partial charge in [-0.3, -0.25) is 4.79 Å². The van der Waals surface area contributed by atoms with Gasteiger partial charge in [-0.25, -0.2) is 8.42 Å². The summed E-state index contributed by atoms with van der Waals surface area (Å²) in [6.07, 6.45) is 5.19. The molecule has 0 aromatic heterocycles. The second-order valence-electron chi connectivity index (χ2n) is 8.24. The van der Waals surface area contributed by atoms with Crippen molar-refractivity contribution in [3.8, 4) is 0 Å². The number of rotatable bonds is 6. The van der Waals surface area contributed by atoms with Crippen molar-refractivity contribution in [2.75, 3.05) is 7.05 Å². The Labute approximate surface area is 157 Å². The Hall–Kier alpha value is -1.40. The Balaban J connectivity index is 1.65. The molecule has 26 heavy (non-hydrogen) atoms. The summed E-state index contributed by atoms with van der Waals surface area (Å²) in [5.74, 6) is 2.07. The van der Waals surface area contributed by atoms with Gasteiger partial charge in [-0.2, -0.15) is 4.31 Å². The highest BCUT2D eigenvalue weighted by atomic mass is 32.2. The monoisotopic (exact) mass is 378 g/mol. The van der Waals surface area contributed by atoms with Gasteiger partial charge in [0.05, 0.1) is 4.90 Å². The van der Waals surface area contributed by atoms with E-state index < -0.39 is 10.0 Å². The molecular weight excluding hydrogens is 348 g/mol. The van der Waals surface area contributed by atoms with Crippen molar-refractivity contribution in [2.45, 2.75) is 63.4 Å². The fraction of sp³-hybridized carbons (Fsp3) is 0.650. The van der Waals surface area contributed by atoms with Crippen molar-refractivity contribution in [3.63, 3.8) is 0 Å². The van der Waals surface area contributed by atoms with Gasteiger partial charge >= 0.3 is 0 Å². The summed E-state index contributed by atoms with van der Waals surface area (Å²) < 4.78 is 26.3. The van der Waals surface area contributed by atoms with Crippen molar-refractivity contribution in [1.29, 1.82) is 0 Å². The molecule has 5 nitrogen and oxygen atoms in total. The molecule has 1 amide bonds. The number of carbonyl (C=O) groups excluding carboxylic acids is 1. The van der Waals surface area contributed by atoms with Gasteiger partial charge in [0, 0.05) is 24.7 Å². The lowest BCUT2D eigenvalue weighted by atomic mass is 9.84. The highest BCUT2D eigenvalue weighted by Gasteiger charge is 2.42. The minimum Gasteiger partial charge on any atom is -0.349 e. The number of carbonyl (C=O) groups is 1. The maximum atomic E-state index is 12.6. The van der Waals surface area contributed by atoms with Crippen LogP contribution < -0.4 is 5.32 Å². The topological polar surface area (TPSA) is 66.5 Å². The molecule has 2 aliphatic rings. The summed E-state index contributed by atoms with van der Waals surface area (Å²) >= 11 is 0. The van der Waals surface area contributed by atoms with Gasteiger partial charge in [-0.1, -0.05) is 6.42 Å². The quantitative estimate of drug-likeness (QED) is 0.826. The van der Waals surface area contributed by atoms with Gasteiger partial charge < -0.3 is 5.32 Å². The highest BCUT2D eigenvalue weighted by molar-refractivity contribution is 7.89. The zero-order valence-electron chi connectivity index (χ0n) is 16.1. The number of amides is 1. The molecule has 144 valence electrons. The first kappa shape index (κ1) is 19.4. The summed E-state index contributed by atoms with van der Waals surface area (Å²) in [5, 5.41) is 3.12. The smallest absolute Gasteiger partial charge is 0.251 e. The molecular formula is C20H30N2O3S. The van der Waals surface area contributed by atoms with E-state index in [9.17, 15) is 13.2 Å². The fourth-order valence-electron chi connectivity index (χ4n) is 4.53. The van der Waals surface area contributed by atoms with Crippen molar-refractivity contribution in [3.05, 3.63) is 29.8 Å². The maximum Gasteiger partial charge on any atom is 0.251 e. The van der Waals surface area contributed by atoms with Crippen molar-refractivity contribution in [1.82, 2.24) is 9.62 Å². The Morgan fingerprint density at radius 1 is 1.12 bits per heavy atom. The molecule has 0 radical (unpaired) electrons. The summed E-state index contributed by atoms with van der Waals surface area (Å²) in [6, 6.07) is 6.28. The van der Waals surface area contributed by atoms with E-state index in [1.807, 2.05) is 13.8 Å². The van der Waals surface area contributed by atoms with Crippen molar-refractivity contribution >= 4 is 15.9 Å². The number of nitrogens with zero attached hydrogens (tertiary/aromatic N) is 1. The molecule has 2 fully saturated rings. The van der Waals surface area contributed by atoms with E-state index in [0.29, 0.717) is 11.5 Å². The number of benzene rings is 1. The predicted molar refractivity (Wildman–Crippen MR) is 102 cm³/mol. The molecule has 3 rings (SSSR count). The van der Waals surface area contributed by atoms with E-state index in [0.717, 1.165) is 11.8 Å². The maximum absolute atomic E-state index is 12.6. The minimum atomic E-state index is -3.52. The first-order valence-corrected chi connectivity index (χ1v) is 11.0. The third-order valence-electron chi connectivity index (χ3n) is 6.31. The van der Waals surface area contributed by atoms with Crippen LogP contribution in [-0.4, -0.2) is 37.8 Å². The third kappa shape index (κ3) is 3.67. The molecule has 6 heteroatoms. The summed E-state index contributed by atoms with van der Waals surface area (Å²) in [5.41, 5.74) is 0.506. The number of nitrogens with one attached hydrogen (secondary N) is 1. The Bertz CT molecular complexity index is 758. The van der Waals surface area contributed by atoms with Crippen LogP contribution in [0.5, 0.6) is 0 Å². The molecule has 4 unspecified atom stereocenters. The number of sulfonamides is 1. The van der Waals surface area contributed by atoms with E-state index in [4.69, 9.17) is 0 Å². The Morgan fingerprint density at radius 2 is 1.77 bits per heavy atom. The average molecular weight is 379 g/mol. The lowest BCUT2D eigenvalue weighted by Crippen LogP contribution is -2.40. The van der Waals surface area contributed by atoms with Crippen LogP contribution in [0.3, 0.4) is 0 Å². The van der Waals surface area contributed by atoms with E-state index in [1.165, 1.54) is 42.1 Å². The summed E-state index contributed by atoms with van der Waals surface area (Å²) in [6.45, 7) is 5.76. The van der Waals surface area contributed by atoms with E-state index in [-0.39, 0.29) is 22.9 Å². The van der Waals surface area contributed by atoms with Crippen LogP contribution in [0, 0.1) is 17.8 Å². The lowest BCUT2D eigenvalue weighted by Gasteiger charge is -2.28. The first-order chi connectivity index (χ1) is 12.2. The molecule has 2 bridgehead atoms. The molecule has 2 saturated carbocycles. The fourth-order valence-corrected chi connectivity index (χ4v) is 5.89. The van der Waals surface area contributed by atoms with Crippen molar-refractivity contribution < 1.29 is 13.2 Å². The standard InChI is InChI=1S/C20H30N2O3S/c1-13(2)22(4)26(24,25)18-9-7-16(8-10-18)20(23)21-14(3)19-12-15-5-6-17(19)11-15/h7-10,13-15,17,19H,5-6,11-12H2,1-4H3,(H,21,23). The van der Waals surface area contributed by atoms with Crippen LogP contribution >= 0.6 is 0 Å². The molecule has 1 aromatic rings. The molecule has 2 aliphatic carbocycles. The van der Waals surface area contributed by atoms with Gasteiger partial charge in [-0.05, 0) is 82.1 Å². The second-order valence-corrected chi connectivity index (χ2v) is 10.2. The largest absolute Gasteiger partial charge is 0.349 e. The lowest BCUT2D eigenvalue weighted by molar-refractivity contribution is 0.0915. The Kier molecular flexibility index (Phi) is 5.45. The zero-order chi connectivity index (χ0) is 19.1. The highest BCUT2D eigenvalue weighted by Crippen LogP contribution is 2.49. The van der Waals surface area contributed by atoms with Gasteiger partial charge in [-0.15, -0.1) is 0 Å². The Morgan fingerprint density at radius 3 is 2.27 bits per heavy atom. The van der Waals surface area contributed by atoms with Crippen LogP contribution in [0.1, 0.15) is 56.8 Å².